The zero-order valence-electron chi connectivity index (χ0n) is 13.1. The molecule has 1 N–H and O–H groups in total. The number of carbonyl (C=O) groups is 2. The lowest BCUT2D eigenvalue weighted by Crippen LogP contribution is -2.42. The van der Waals surface area contributed by atoms with Crippen LogP contribution in [0.1, 0.15) is 38.5 Å². The van der Waals surface area contributed by atoms with Crippen molar-refractivity contribution in [1.82, 2.24) is 10.2 Å². The summed E-state index contributed by atoms with van der Waals surface area (Å²) in [5.74, 6) is 0.943. The predicted octanol–water partition coefficient (Wildman–Crippen LogP) is 1.07. The van der Waals surface area contributed by atoms with E-state index in [2.05, 4.69) is 5.32 Å². The molecular formula is C16H25N3O3. The van der Waals surface area contributed by atoms with Crippen LogP contribution in [-0.4, -0.2) is 49.6 Å². The van der Waals surface area contributed by atoms with Crippen molar-refractivity contribution in [2.75, 3.05) is 32.8 Å². The van der Waals surface area contributed by atoms with E-state index in [-0.39, 0.29) is 18.2 Å². The molecule has 22 heavy (non-hydrogen) atoms. The van der Waals surface area contributed by atoms with E-state index in [1.54, 1.807) is 0 Å². The van der Waals surface area contributed by atoms with E-state index in [4.69, 9.17) is 10.00 Å². The molecule has 2 aliphatic heterocycles. The summed E-state index contributed by atoms with van der Waals surface area (Å²) in [5.41, 5.74) is 0. The summed E-state index contributed by atoms with van der Waals surface area (Å²) in [6.45, 7) is 3.73. The Bertz CT molecular complexity index is 419. The Labute approximate surface area is 131 Å². The molecule has 122 valence electrons. The van der Waals surface area contributed by atoms with Gasteiger partial charge in [-0.2, -0.15) is 5.26 Å². The Kier molecular flexibility index (Phi) is 6.66. The van der Waals surface area contributed by atoms with E-state index in [1.165, 1.54) is 0 Å². The Balaban J connectivity index is 1.64. The lowest BCUT2D eigenvalue weighted by Gasteiger charge is -2.33. The van der Waals surface area contributed by atoms with Crippen molar-refractivity contribution >= 4 is 11.8 Å². The number of nitrogens with one attached hydrogen (secondary N) is 1. The van der Waals surface area contributed by atoms with Crippen molar-refractivity contribution < 1.29 is 14.3 Å². The number of ether oxygens (including phenoxy) is 1. The van der Waals surface area contributed by atoms with Gasteiger partial charge >= 0.3 is 0 Å². The molecule has 6 heteroatoms. The van der Waals surface area contributed by atoms with Crippen molar-refractivity contribution in [2.45, 2.75) is 38.5 Å². The number of nitrogens with zero attached hydrogens (tertiary/aromatic N) is 2. The number of likely N-dealkylation sites (tertiary alicyclic amines) is 1. The zero-order valence-corrected chi connectivity index (χ0v) is 13.1. The van der Waals surface area contributed by atoms with Gasteiger partial charge in [-0.25, -0.2) is 0 Å². The van der Waals surface area contributed by atoms with E-state index in [9.17, 15) is 9.59 Å². The van der Waals surface area contributed by atoms with Crippen LogP contribution in [0, 0.1) is 23.2 Å². The van der Waals surface area contributed by atoms with Crippen LogP contribution < -0.4 is 5.32 Å². The molecule has 0 unspecified atom stereocenters. The summed E-state index contributed by atoms with van der Waals surface area (Å²) in [6.07, 6.45) is 4.40. The van der Waals surface area contributed by atoms with Gasteiger partial charge in [0.1, 0.15) is 6.42 Å². The van der Waals surface area contributed by atoms with Crippen molar-refractivity contribution in [3.05, 3.63) is 0 Å². The predicted molar refractivity (Wildman–Crippen MR) is 80.7 cm³/mol. The van der Waals surface area contributed by atoms with E-state index in [1.807, 2.05) is 11.0 Å². The number of rotatable bonds is 5. The molecule has 2 aliphatic rings. The Morgan fingerprint density at radius 1 is 1.14 bits per heavy atom. The average molecular weight is 307 g/mol. The topological polar surface area (TPSA) is 82.4 Å². The summed E-state index contributed by atoms with van der Waals surface area (Å²) >= 11 is 0. The molecule has 0 spiro atoms. The third-order valence-corrected chi connectivity index (χ3v) is 4.60. The van der Waals surface area contributed by atoms with Crippen LogP contribution in [0.15, 0.2) is 0 Å². The first-order chi connectivity index (χ1) is 10.7. The van der Waals surface area contributed by atoms with Crippen molar-refractivity contribution in [3.63, 3.8) is 0 Å². The molecular weight excluding hydrogens is 282 g/mol. The third-order valence-electron chi connectivity index (χ3n) is 4.60. The average Bonchev–Trinajstić information content (AvgIpc) is 2.54. The van der Waals surface area contributed by atoms with Gasteiger partial charge in [0.25, 0.3) is 0 Å². The normalized spacial score (nSPS) is 20.4. The highest BCUT2D eigenvalue weighted by Gasteiger charge is 2.25. The second-order valence-electron chi connectivity index (χ2n) is 6.22. The van der Waals surface area contributed by atoms with Crippen LogP contribution in [0.2, 0.25) is 0 Å². The van der Waals surface area contributed by atoms with Gasteiger partial charge in [0, 0.05) is 39.3 Å². The van der Waals surface area contributed by atoms with Crippen LogP contribution in [0.3, 0.4) is 0 Å². The molecule has 2 saturated heterocycles. The number of amides is 2. The van der Waals surface area contributed by atoms with Gasteiger partial charge < -0.3 is 15.0 Å². The number of piperidine rings is 1. The number of carbonyl (C=O) groups excluding carboxylic acids is 2. The SMILES string of the molecule is N#CCC(=O)NCC1CCN(C(=O)CC2CCOCC2)CC1. The van der Waals surface area contributed by atoms with Crippen LogP contribution in [0.5, 0.6) is 0 Å². The number of hydrogen-bond acceptors (Lipinski definition) is 4. The first kappa shape index (κ1) is 16.8. The maximum Gasteiger partial charge on any atom is 0.234 e. The maximum atomic E-state index is 12.3. The summed E-state index contributed by atoms with van der Waals surface area (Å²) in [7, 11) is 0. The minimum Gasteiger partial charge on any atom is -0.381 e. The smallest absolute Gasteiger partial charge is 0.234 e. The molecule has 6 nitrogen and oxygen atoms in total. The molecule has 0 aliphatic carbocycles. The lowest BCUT2D eigenvalue weighted by atomic mass is 9.93. The van der Waals surface area contributed by atoms with Crippen LogP contribution >= 0.6 is 0 Å². The van der Waals surface area contributed by atoms with Gasteiger partial charge in [0.15, 0.2) is 0 Å². The molecule has 0 bridgehead atoms. The van der Waals surface area contributed by atoms with Crippen LogP contribution in [0.25, 0.3) is 0 Å². The standard InChI is InChI=1S/C16H25N3O3/c17-6-1-15(20)18-12-14-2-7-19(8-3-14)16(21)11-13-4-9-22-10-5-13/h13-14H,1-5,7-12H2,(H,18,20). The van der Waals surface area contributed by atoms with Crippen LogP contribution in [-0.2, 0) is 14.3 Å². The summed E-state index contributed by atoms with van der Waals surface area (Å²) in [4.78, 5) is 25.5. The van der Waals surface area contributed by atoms with Crippen molar-refractivity contribution in [2.24, 2.45) is 11.8 Å². The zero-order chi connectivity index (χ0) is 15.8. The molecule has 0 atom stereocenters. The second kappa shape index (κ2) is 8.74. The van der Waals surface area contributed by atoms with Gasteiger partial charge in [-0.15, -0.1) is 0 Å². The molecule has 0 aromatic rings. The molecule has 2 rings (SSSR count). The first-order valence-corrected chi connectivity index (χ1v) is 8.18. The van der Waals surface area contributed by atoms with E-state index in [0.29, 0.717) is 24.8 Å². The molecule has 0 aromatic heterocycles. The third kappa shape index (κ3) is 5.30. The molecule has 2 amide bonds. The fraction of sp³-hybridized carbons (Fsp3) is 0.812. The van der Waals surface area contributed by atoms with E-state index < -0.39 is 0 Å². The number of hydrogen-bond donors (Lipinski definition) is 1. The second-order valence-corrected chi connectivity index (χ2v) is 6.22. The van der Waals surface area contributed by atoms with E-state index in [0.717, 1.165) is 52.0 Å². The fourth-order valence-electron chi connectivity index (χ4n) is 3.11. The highest BCUT2D eigenvalue weighted by Crippen LogP contribution is 2.22. The monoisotopic (exact) mass is 307 g/mol. The van der Waals surface area contributed by atoms with Crippen molar-refractivity contribution in [3.8, 4) is 6.07 Å². The Morgan fingerprint density at radius 3 is 2.45 bits per heavy atom. The minimum atomic E-state index is -0.208. The lowest BCUT2D eigenvalue weighted by molar-refractivity contribution is -0.134. The summed E-state index contributed by atoms with van der Waals surface area (Å²) in [6, 6.07) is 1.84. The van der Waals surface area contributed by atoms with E-state index >= 15 is 0 Å². The minimum absolute atomic E-state index is 0.0809. The van der Waals surface area contributed by atoms with Gasteiger partial charge in [-0.3, -0.25) is 9.59 Å². The molecule has 2 fully saturated rings. The number of nitriles is 1. The fourth-order valence-corrected chi connectivity index (χ4v) is 3.11. The highest BCUT2D eigenvalue weighted by atomic mass is 16.5. The largest absolute Gasteiger partial charge is 0.381 e. The van der Waals surface area contributed by atoms with Gasteiger partial charge in [-0.1, -0.05) is 0 Å². The summed E-state index contributed by atoms with van der Waals surface area (Å²) in [5, 5.41) is 11.2. The molecule has 2 heterocycles. The maximum absolute atomic E-state index is 12.3. The van der Waals surface area contributed by atoms with Gasteiger partial charge in [0.2, 0.25) is 11.8 Å². The first-order valence-electron chi connectivity index (χ1n) is 8.18. The van der Waals surface area contributed by atoms with Crippen molar-refractivity contribution in [1.29, 1.82) is 5.26 Å². The Hall–Kier alpha value is -1.61. The summed E-state index contributed by atoms with van der Waals surface area (Å²) < 4.78 is 5.32. The van der Waals surface area contributed by atoms with Crippen LogP contribution in [0.4, 0.5) is 0 Å². The highest BCUT2D eigenvalue weighted by molar-refractivity contribution is 5.78. The van der Waals surface area contributed by atoms with Gasteiger partial charge in [0.05, 0.1) is 6.07 Å². The molecule has 0 radical (unpaired) electrons. The Morgan fingerprint density at radius 2 is 1.82 bits per heavy atom. The molecule has 0 saturated carbocycles. The molecule has 0 aromatic carbocycles. The quantitative estimate of drug-likeness (QED) is 0.823. The van der Waals surface area contributed by atoms with Gasteiger partial charge in [-0.05, 0) is 37.5 Å².